The molecule has 19 heavy (non-hydrogen) atoms. The maximum Gasteiger partial charge on any atom is 0.250 e. The predicted molar refractivity (Wildman–Crippen MR) is 76.2 cm³/mol. The van der Waals surface area contributed by atoms with Crippen LogP contribution in [0.5, 0.6) is 0 Å². The Kier molecular flexibility index (Phi) is 3.46. The van der Waals surface area contributed by atoms with Gasteiger partial charge in [-0.15, -0.1) is 0 Å². The number of aryl methyl sites for hydroxylation is 1. The van der Waals surface area contributed by atoms with Crippen molar-refractivity contribution in [3.8, 4) is 0 Å². The van der Waals surface area contributed by atoms with Gasteiger partial charge >= 0.3 is 0 Å². The van der Waals surface area contributed by atoms with Gasteiger partial charge in [-0.1, -0.05) is 13.0 Å². The van der Waals surface area contributed by atoms with Gasteiger partial charge in [0.25, 0.3) is 5.56 Å². The molecule has 2 aliphatic rings. The molecule has 2 atom stereocenters. The lowest BCUT2D eigenvalue weighted by atomic mass is 9.87. The lowest BCUT2D eigenvalue weighted by Crippen LogP contribution is -2.67. The van der Waals surface area contributed by atoms with Crippen LogP contribution in [-0.2, 0) is 13.1 Å². The summed E-state index contributed by atoms with van der Waals surface area (Å²) >= 11 is 0. The maximum atomic E-state index is 11.7. The number of pyridine rings is 1. The zero-order valence-corrected chi connectivity index (χ0v) is 11.9. The Balaban J connectivity index is 1.71. The SMILES string of the molecule is CCCn1cc(CN2C3CC2CN(C)C3)ccc1=O. The summed E-state index contributed by atoms with van der Waals surface area (Å²) in [5.41, 5.74) is 1.39. The molecule has 4 heteroatoms. The second-order valence-electron chi connectivity index (χ2n) is 6.01. The van der Waals surface area contributed by atoms with Gasteiger partial charge in [-0.3, -0.25) is 9.69 Å². The number of hydrogen-bond donors (Lipinski definition) is 0. The van der Waals surface area contributed by atoms with Crippen molar-refractivity contribution in [2.75, 3.05) is 20.1 Å². The molecule has 3 heterocycles. The van der Waals surface area contributed by atoms with Crippen molar-refractivity contribution in [3.05, 3.63) is 34.2 Å². The minimum atomic E-state index is 0.120. The molecule has 0 aliphatic carbocycles. The minimum absolute atomic E-state index is 0.120. The molecule has 104 valence electrons. The smallest absolute Gasteiger partial charge is 0.250 e. The van der Waals surface area contributed by atoms with Gasteiger partial charge in [0.15, 0.2) is 0 Å². The van der Waals surface area contributed by atoms with Crippen molar-refractivity contribution in [1.82, 2.24) is 14.4 Å². The number of likely N-dealkylation sites (tertiary alicyclic amines) is 2. The average molecular weight is 261 g/mol. The lowest BCUT2D eigenvalue weighted by Gasteiger charge is -2.55. The van der Waals surface area contributed by atoms with E-state index in [2.05, 4.69) is 23.8 Å². The molecule has 0 N–H and O–H groups in total. The Labute approximate surface area is 114 Å². The van der Waals surface area contributed by atoms with E-state index in [4.69, 9.17) is 0 Å². The molecule has 1 aromatic heterocycles. The van der Waals surface area contributed by atoms with Gasteiger partial charge in [0.1, 0.15) is 0 Å². The Morgan fingerprint density at radius 2 is 2.00 bits per heavy atom. The first kappa shape index (κ1) is 12.9. The molecule has 2 fully saturated rings. The summed E-state index contributed by atoms with van der Waals surface area (Å²) in [5, 5.41) is 0. The molecule has 0 aromatic carbocycles. The molecule has 0 spiro atoms. The first-order valence-electron chi connectivity index (χ1n) is 7.31. The highest BCUT2D eigenvalue weighted by Gasteiger charge is 2.43. The highest BCUT2D eigenvalue weighted by Crippen LogP contribution is 2.32. The molecule has 2 bridgehead atoms. The lowest BCUT2D eigenvalue weighted by molar-refractivity contribution is -0.0669. The minimum Gasteiger partial charge on any atom is -0.315 e. The van der Waals surface area contributed by atoms with Crippen molar-refractivity contribution in [2.45, 2.75) is 44.9 Å². The van der Waals surface area contributed by atoms with E-state index < -0.39 is 0 Å². The molecule has 2 aliphatic heterocycles. The fourth-order valence-electron chi connectivity index (χ4n) is 3.46. The molecule has 0 saturated carbocycles. The number of nitrogens with zero attached hydrogens (tertiary/aromatic N) is 3. The van der Waals surface area contributed by atoms with Crippen LogP contribution in [0.4, 0.5) is 0 Å². The van der Waals surface area contributed by atoms with Gasteiger partial charge in [-0.25, -0.2) is 0 Å². The summed E-state index contributed by atoms with van der Waals surface area (Å²) in [7, 11) is 2.21. The van der Waals surface area contributed by atoms with Crippen LogP contribution in [0, 0.1) is 0 Å². The fraction of sp³-hybridized carbons (Fsp3) is 0.667. The first-order valence-corrected chi connectivity index (χ1v) is 7.31. The largest absolute Gasteiger partial charge is 0.315 e. The zero-order chi connectivity index (χ0) is 13.4. The first-order chi connectivity index (χ1) is 9.17. The van der Waals surface area contributed by atoms with Gasteiger partial charge in [0.2, 0.25) is 0 Å². The molecule has 2 saturated heterocycles. The molecular weight excluding hydrogens is 238 g/mol. The summed E-state index contributed by atoms with van der Waals surface area (Å²) in [6, 6.07) is 5.14. The second-order valence-corrected chi connectivity index (χ2v) is 6.01. The van der Waals surface area contributed by atoms with E-state index in [9.17, 15) is 4.79 Å². The molecule has 3 rings (SSSR count). The zero-order valence-electron chi connectivity index (χ0n) is 11.9. The summed E-state index contributed by atoms with van der Waals surface area (Å²) in [6.07, 6.45) is 4.39. The Bertz CT molecular complexity index is 498. The average Bonchev–Trinajstić information content (AvgIpc) is 2.39. The molecule has 4 nitrogen and oxygen atoms in total. The van der Waals surface area contributed by atoms with E-state index in [1.807, 2.05) is 16.8 Å². The van der Waals surface area contributed by atoms with Crippen LogP contribution in [-0.4, -0.2) is 46.6 Å². The van der Waals surface area contributed by atoms with Gasteiger partial charge in [-0.2, -0.15) is 0 Å². The van der Waals surface area contributed by atoms with E-state index in [0.717, 1.165) is 31.6 Å². The Hall–Kier alpha value is -1.13. The number of aromatic nitrogens is 1. The Morgan fingerprint density at radius 3 is 2.68 bits per heavy atom. The van der Waals surface area contributed by atoms with Crippen LogP contribution >= 0.6 is 0 Å². The Morgan fingerprint density at radius 1 is 1.26 bits per heavy atom. The third-order valence-electron chi connectivity index (χ3n) is 4.40. The van der Waals surface area contributed by atoms with E-state index in [1.54, 1.807) is 6.07 Å². The fourth-order valence-corrected chi connectivity index (χ4v) is 3.46. The number of likely N-dealkylation sites (N-methyl/N-ethyl adjacent to an activating group) is 1. The molecule has 1 aromatic rings. The van der Waals surface area contributed by atoms with Crippen molar-refractivity contribution >= 4 is 0 Å². The van der Waals surface area contributed by atoms with Crippen molar-refractivity contribution < 1.29 is 0 Å². The van der Waals surface area contributed by atoms with Gasteiger partial charge in [0.05, 0.1) is 0 Å². The second kappa shape index (κ2) is 5.10. The van der Waals surface area contributed by atoms with Crippen LogP contribution in [0.1, 0.15) is 25.3 Å². The molecule has 0 amide bonds. The van der Waals surface area contributed by atoms with E-state index in [-0.39, 0.29) is 5.56 Å². The third-order valence-corrected chi connectivity index (χ3v) is 4.40. The van der Waals surface area contributed by atoms with E-state index in [0.29, 0.717) is 0 Å². The van der Waals surface area contributed by atoms with Crippen LogP contribution < -0.4 is 5.56 Å². The van der Waals surface area contributed by atoms with Crippen molar-refractivity contribution in [3.63, 3.8) is 0 Å². The predicted octanol–water partition coefficient (Wildman–Crippen LogP) is 1.15. The number of piperazine rings is 1. The maximum absolute atomic E-state index is 11.7. The van der Waals surface area contributed by atoms with Gasteiger partial charge in [-0.05, 0) is 25.5 Å². The number of hydrogen-bond acceptors (Lipinski definition) is 3. The monoisotopic (exact) mass is 261 g/mol. The number of piperidine rings is 1. The van der Waals surface area contributed by atoms with Gasteiger partial charge in [0, 0.05) is 50.5 Å². The van der Waals surface area contributed by atoms with Crippen LogP contribution in [0.3, 0.4) is 0 Å². The van der Waals surface area contributed by atoms with E-state index in [1.165, 1.54) is 25.1 Å². The van der Waals surface area contributed by atoms with Gasteiger partial charge < -0.3 is 9.47 Å². The van der Waals surface area contributed by atoms with Crippen LogP contribution in [0.2, 0.25) is 0 Å². The topological polar surface area (TPSA) is 28.5 Å². The number of rotatable bonds is 4. The molecule has 2 unspecified atom stereocenters. The van der Waals surface area contributed by atoms with Crippen molar-refractivity contribution in [1.29, 1.82) is 0 Å². The summed E-state index contributed by atoms with van der Waals surface area (Å²) in [4.78, 5) is 16.7. The van der Waals surface area contributed by atoms with Crippen molar-refractivity contribution in [2.24, 2.45) is 0 Å². The van der Waals surface area contributed by atoms with Crippen LogP contribution in [0.15, 0.2) is 23.1 Å². The standard InChI is InChI=1S/C15H23N3O/c1-3-6-17-8-12(4-5-15(17)19)9-18-13-7-14(18)11-16(2)10-13/h4-5,8,13-14H,3,6-7,9-11H2,1-2H3. The quantitative estimate of drug-likeness (QED) is 0.814. The molecule has 0 radical (unpaired) electrons. The normalized spacial score (nSPS) is 27.3. The van der Waals surface area contributed by atoms with E-state index >= 15 is 0 Å². The summed E-state index contributed by atoms with van der Waals surface area (Å²) in [6.45, 7) is 6.29. The summed E-state index contributed by atoms with van der Waals surface area (Å²) in [5.74, 6) is 0. The number of fused-ring (bicyclic) bond motifs is 2. The van der Waals surface area contributed by atoms with Crippen LogP contribution in [0.25, 0.3) is 0 Å². The third kappa shape index (κ3) is 2.47. The molecular formula is C15H23N3O. The summed E-state index contributed by atoms with van der Waals surface area (Å²) < 4.78 is 1.84. The highest BCUT2D eigenvalue weighted by atomic mass is 16.1. The highest BCUT2D eigenvalue weighted by molar-refractivity contribution is 5.13.